The SMILES string of the molecule is C[C@H]1[C@H](C)CCC[C@@H]1NC(=O)[C@@H]1N(CCc2ccc(Cl)cc2)C(=O)[C@@H]2[C@H](C(=O)Nc3ccc(F)c(Cl)c3)[C@@H]3C=C[C@]21O3. The Hall–Kier alpha value is -2.94. The van der Waals surface area contributed by atoms with Crippen molar-refractivity contribution in [3.8, 4) is 0 Å². The summed E-state index contributed by atoms with van der Waals surface area (Å²) in [5.41, 5.74) is 0.0171. The molecule has 0 unspecified atom stereocenters. The van der Waals surface area contributed by atoms with Gasteiger partial charge in [-0.2, -0.15) is 0 Å². The maximum atomic E-state index is 14.2. The van der Waals surface area contributed by atoms with Crippen LogP contribution in [0.25, 0.3) is 0 Å². The van der Waals surface area contributed by atoms with Crippen molar-refractivity contribution < 1.29 is 23.5 Å². The molecule has 2 bridgehead atoms. The van der Waals surface area contributed by atoms with E-state index in [9.17, 15) is 18.8 Å². The minimum Gasteiger partial charge on any atom is -0.359 e. The number of amides is 3. The molecular formula is C32H34Cl2FN3O4. The van der Waals surface area contributed by atoms with Crippen LogP contribution in [0, 0.1) is 29.5 Å². The number of anilines is 1. The molecule has 3 amide bonds. The Balaban J connectivity index is 1.30. The molecule has 2 saturated heterocycles. The van der Waals surface area contributed by atoms with E-state index in [-0.39, 0.29) is 29.4 Å². The van der Waals surface area contributed by atoms with Crippen LogP contribution in [0.2, 0.25) is 10.0 Å². The fourth-order valence-electron chi connectivity index (χ4n) is 7.26. The van der Waals surface area contributed by atoms with Crippen LogP contribution in [0.15, 0.2) is 54.6 Å². The van der Waals surface area contributed by atoms with Crippen molar-refractivity contribution in [1.29, 1.82) is 0 Å². The molecule has 8 atom stereocenters. The quantitative estimate of drug-likeness (QED) is 0.409. The van der Waals surface area contributed by atoms with Crippen LogP contribution in [0.1, 0.15) is 38.7 Å². The predicted octanol–water partition coefficient (Wildman–Crippen LogP) is 5.41. The summed E-state index contributed by atoms with van der Waals surface area (Å²) < 4.78 is 20.1. The molecule has 0 radical (unpaired) electrons. The average Bonchev–Trinajstić information content (AvgIpc) is 3.60. The van der Waals surface area contributed by atoms with Crippen LogP contribution in [0.4, 0.5) is 10.1 Å². The van der Waals surface area contributed by atoms with Crippen LogP contribution in [-0.4, -0.2) is 53.0 Å². The lowest BCUT2D eigenvalue weighted by Crippen LogP contribution is -2.58. The number of likely N-dealkylation sites (tertiary alicyclic amines) is 1. The van der Waals surface area contributed by atoms with Gasteiger partial charge in [0, 0.05) is 23.3 Å². The molecule has 3 aliphatic heterocycles. The maximum Gasteiger partial charge on any atom is 0.246 e. The fraction of sp³-hybridized carbons (Fsp3) is 0.469. The number of halogens is 3. The normalized spacial score (nSPS) is 33.1. The molecule has 2 N–H and O–H groups in total. The molecule has 1 aliphatic carbocycles. The highest BCUT2D eigenvalue weighted by atomic mass is 35.5. The number of hydrogen-bond donors (Lipinski definition) is 2. The monoisotopic (exact) mass is 613 g/mol. The summed E-state index contributed by atoms with van der Waals surface area (Å²) in [6, 6.07) is 10.4. The molecule has 10 heteroatoms. The van der Waals surface area contributed by atoms with Crippen molar-refractivity contribution in [3.05, 3.63) is 76.0 Å². The summed E-state index contributed by atoms with van der Waals surface area (Å²) >= 11 is 12.0. The number of carbonyl (C=O) groups excluding carboxylic acids is 3. The molecule has 1 saturated carbocycles. The second-order valence-electron chi connectivity index (χ2n) is 12.1. The van der Waals surface area contributed by atoms with E-state index in [2.05, 4.69) is 24.5 Å². The highest BCUT2D eigenvalue weighted by molar-refractivity contribution is 6.31. The summed E-state index contributed by atoms with van der Waals surface area (Å²) in [6.07, 6.45) is 6.45. The standard InChI is InChI=1S/C32H34Cl2FN3O4/c1-17-4-3-5-24(18(17)2)37-30(40)28-32-14-12-25(42-32)26(29(39)36-21-10-11-23(35)22(34)16-21)27(32)31(41)38(28)15-13-19-6-8-20(33)9-7-19/h6-12,14,16-18,24-28H,3-5,13,15H2,1-2H3,(H,36,39)(H,37,40)/t17-,18+,24+,25+,26-,27+,28+,32+/m1/s1. The lowest BCUT2D eigenvalue weighted by Gasteiger charge is -2.38. The van der Waals surface area contributed by atoms with Gasteiger partial charge < -0.3 is 20.3 Å². The predicted molar refractivity (Wildman–Crippen MR) is 159 cm³/mol. The molecule has 2 aromatic carbocycles. The maximum absolute atomic E-state index is 14.2. The largest absolute Gasteiger partial charge is 0.359 e. The van der Waals surface area contributed by atoms with Crippen LogP contribution >= 0.6 is 23.2 Å². The second-order valence-corrected chi connectivity index (χ2v) is 13.0. The van der Waals surface area contributed by atoms with E-state index in [0.29, 0.717) is 29.0 Å². The Bertz CT molecular complexity index is 1440. The van der Waals surface area contributed by atoms with Gasteiger partial charge in [-0.05, 0) is 60.6 Å². The number of carbonyl (C=O) groups is 3. The minimum absolute atomic E-state index is 0.00480. The number of benzene rings is 2. The fourth-order valence-corrected chi connectivity index (χ4v) is 7.56. The summed E-state index contributed by atoms with van der Waals surface area (Å²) in [6.45, 7) is 4.64. The Kier molecular flexibility index (Phi) is 7.83. The Morgan fingerprint density at radius 3 is 2.60 bits per heavy atom. The van der Waals surface area contributed by atoms with Crippen molar-refractivity contribution >= 4 is 46.6 Å². The van der Waals surface area contributed by atoms with Crippen molar-refractivity contribution in [2.75, 3.05) is 11.9 Å². The zero-order valence-electron chi connectivity index (χ0n) is 23.5. The molecule has 1 spiro atoms. The highest BCUT2D eigenvalue weighted by Crippen LogP contribution is 2.55. The Morgan fingerprint density at radius 1 is 1.10 bits per heavy atom. The Labute approximate surface area is 254 Å². The zero-order valence-corrected chi connectivity index (χ0v) is 25.0. The van der Waals surface area contributed by atoms with Gasteiger partial charge >= 0.3 is 0 Å². The lowest BCUT2D eigenvalue weighted by molar-refractivity contribution is -0.141. The summed E-state index contributed by atoms with van der Waals surface area (Å²) in [5, 5.41) is 6.54. The number of rotatable bonds is 7. The van der Waals surface area contributed by atoms with Gasteiger partial charge in [0.25, 0.3) is 0 Å². The first-order valence-corrected chi connectivity index (χ1v) is 15.3. The van der Waals surface area contributed by atoms with Gasteiger partial charge in [-0.25, -0.2) is 4.39 Å². The van der Waals surface area contributed by atoms with Crippen LogP contribution < -0.4 is 10.6 Å². The molecule has 4 aliphatic rings. The highest BCUT2D eigenvalue weighted by Gasteiger charge is 2.72. The first kappa shape index (κ1) is 29.1. The van der Waals surface area contributed by atoms with E-state index >= 15 is 0 Å². The summed E-state index contributed by atoms with van der Waals surface area (Å²) in [5.74, 6) is -2.56. The molecule has 0 aromatic heterocycles. The smallest absolute Gasteiger partial charge is 0.246 e. The summed E-state index contributed by atoms with van der Waals surface area (Å²) in [7, 11) is 0. The van der Waals surface area contributed by atoms with Gasteiger partial charge in [-0.15, -0.1) is 0 Å². The third-order valence-corrected chi connectivity index (χ3v) is 10.2. The second kappa shape index (κ2) is 11.3. The molecule has 7 nitrogen and oxygen atoms in total. The third kappa shape index (κ3) is 5.01. The number of nitrogens with zero attached hydrogens (tertiary/aromatic N) is 1. The number of hydrogen-bond acceptors (Lipinski definition) is 4. The first-order valence-electron chi connectivity index (χ1n) is 14.6. The van der Waals surface area contributed by atoms with Gasteiger partial charge in [0.1, 0.15) is 17.5 Å². The first-order chi connectivity index (χ1) is 20.1. The average molecular weight is 615 g/mol. The number of fused-ring (bicyclic) bond motifs is 1. The number of ether oxygens (including phenoxy) is 1. The van der Waals surface area contributed by atoms with Crippen molar-refractivity contribution in [3.63, 3.8) is 0 Å². The van der Waals surface area contributed by atoms with E-state index in [1.165, 1.54) is 18.2 Å². The van der Waals surface area contributed by atoms with Gasteiger partial charge in [-0.3, -0.25) is 14.4 Å². The van der Waals surface area contributed by atoms with E-state index in [1.54, 1.807) is 29.2 Å². The molecule has 2 aromatic rings. The van der Waals surface area contributed by atoms with E-state index < -0.39 is 41.3 Å². The minimum atomic E-state index is -1.27. The number of nitrogens with one attached hydrogen (secondary N) is 2. The van der Waals surface area contributed by atoms with Crippen molar-refractivity contribution in [2.24, 2.45) is 23.7 Å². The Morgan fingerprint density at radius 2 is 1.86 bits per heavy atom. The topological polar surface area (TPSA) is 87.7 Å². The third-order valence-electron chi connectivity index (χ3n) is 9.70. The van der Waals surface area contributed by atoms with Crippen LogP contribution in [0.3, 0.4) is 0 Å². The van der Waals surface area contributed by atoms with E-state index in [4.69, 9.17) is 27.9 Å². The van der Waals surface area contributed by atoms with Crippen molar-refractivity contribution in [1.82, 2.24) is 10.2 Å². The molecule has 3 heterocycles. The van der Waals surface area contributed by atoms with E-state index in [1.807, 2.05) is 12.1 Å². The molecular weight excluding hydrogens is 580 g/mol. The molecule has 222 valence electrons. The van der Waals surface area contributed by atoms with Gasteiger partial charge in [0.05, 0.1) is 23.0 Å². The van der Waals surface area contributed by atoms with E-state index in [0.717, 1.165) is 24.8 Å². The van der Waals surface area contributed by atoms with Gasteiger partial charge in [-0.1, -0.05) is 74.2 Å². The zero-order chi connectivity index (χ0) is 29.8. The summed E-state index contributed by atoms with van der Waals surface area (Å²) in [4.78, 5) is 43.6. The van der Waals surface area contributed by atoms with Gasteiger partial charge in [0.2, 0.25) is 17.7 Å². The van der Waals surface area contributed by atoms with Gasteiger partial charge in [0.15, 0.2) is 0 Å². The molecule has 6 rings (SSSR count). The molecule has 42 heavy (non-hydrogen) atoms. The van der Waals surface area contributed by atoms with Crippen LogP contribution in [0.5, 0.6) is 0 Å². The van der Waals surface area contributed by atoms with Crippen molar-refractivity contribution in [2.45, 2.75) is 63.3 Å². The van der Waals surface area contributed by atoms with Crippen LogP contribution in [-0.2, 0) is 25.5 Å². The lowest BCUT2D eigenvalue weighted by atomic mass is 9.73. The molecule has 3 fully saturated rings.